The molecule has 0 unspecified atom stereocenters. The monoisotopic (exact) mass is 237 g/mol. The first-order chi connectivity index (χ1) is 7.30. The predicted molar refractivity (Wildman–Crippen MR) is 46.8 cm³/mol. The molecule has 0 aliphatic rings. The van der Waals surface area contributed by atoms with Crippen molar-refractivity contribution >= 4 is 0 Å². The van der Waals surface area contributed by atoms with Gasteiger partial charge in [0.25, 0.3) is 5.83 Å². The van der Waals surface area contributed by atoms with Crippen molar-refractivity contribution in [1.82, 2.24) is 0 Å². The van der Waals surface area contributed by atoms with Gasteiger partial charge in [0, 0.05) is 0 Å². The van der Waals surface area contributed by atoms with E-state index in [0.717, 1.165) is 0 Å². The molecule has 87 valence electrons. The fourth-order valence-corrected chi connectivity index (χ4v) is 0.817. The quantitative estimate of drug-likeness (QED) is 0.559. The van der Waals surface area contributed by atoms with Crippen molar-refractivity contribution in [1.29, 1.82) is 0 Å². The van der Waals surface area contributed by atoms with E-state index in [0.29, 0.717) is 5.56 Å². The molecule has 1 radical (unpaired) electrons. The van der Waals surface area contributed by atoms with Crippen LogP contribution >= 0.6 is 0 Å². The van der Waals surface area contributed by atoms with E-state index in [4.69, 9.17) is 0 Å². The minimum atomic E-state index is -5.39. The maximum absolute atomic E-state index is 12.6. The third-order valence-corrected chi connectivity index (χ3v) is 1.55. The van der Waals surface area contributed by atoms with Crippen LogP contribution in [0.3, 0.4) is 0 Å². The van der Waals surface area contributed by atoms with Gasteiger partial charge in [0.2, 0.25) is 0 Å². The van der Waals surface area contributed by atoms with Crippen LogP contribution in [0.1, 0.15) is 5.56 Å². The average Bonchev–Trinajstić information content (AvgIpc) is 2.19. The molecule has 0 atom stereocenters. The SMILES string of the molecule is [CH2]c1ccc(O/C(F)=C(/F)C(F)(F)F)cc1. The van der Waals surface area contributed by atoms with E-state index in [1.54, 1.807) is 0 Å². The maximum Gasteiger partial charge on any atom is 0.449 e. The lowest BCUT2D eigenvalue weighted by molar-refractivity contribution is -0.114. The van der Waals surface area contributed by atoms with Gasteiger partial charge in [-0.15, -0.1) is 0 Å². The summed E-state index contributed by atoms with van der Waals surface area (Å²) in [7, 11) is 0. The van der Waals surface area contributed by atoms with E-state index in [1.807, 2.05) is 0 Å². The topological polar surface area (TPSA) is 9.23 Å². The summed E-state index contributed by atoms with van der Waals surface area (Å²) in [5.74, 6) is -3.14. The molecule has 1 aromatic rings. The van der Waals surface area contributed by atoms with Crippen LogP contribution in [0.4, 0.5) is 22.0 Å². The molecule has 0 aromatic heterocycles. The number of rotatable bonds is 2. The van der Waals surface area contributed by atoms with Crippen molar-refractivity contribution in [3.05, 3.63) is 48.6 Å². The fraction of sp³-hybridized carbons (Fsp3) is 0.100. The lowest BCUT2D eigenvalue weighted by Crippen LogP contribution is -2.11. The molecule has 0 fully saturated rings. The highest BCUT2D eigenvalue weighted by Crippen LogP contribution is 2.30. The molecule has 0 spiro atoms. The number of alkyl halides is 3. The summed E-state index contributed by atoms with van der Waals surface area (Å²) in [5, 5.41) is 0. The van der Waals surface area contributed by atoms with Gasteiger partial charge in [-0.1, -0.05) is 12.1 Å². The Balaban J connectivity index is 2.86. The molecule has 1 nitrogen and oxygen atoms in total. The first kappa shape index (κ1) is 12.5. The third-order valence-electron chi connectivity index (χ3n) is 1.55. The maximum atomic E-state index is 12.6. The number of ether oxygens (including phenoxy) is 1. The van der Waals surface area contributed by atoms with Crippen molar-refractivity contribution in [3.8, 4) is 5.75 Å². The minimum Gasteiger partial charge on any atom is -0.430 e. The predicted octanol–water partition coefficient (Wildman–Crippen LogP) is 3.92. The van der Waals surface area contributed by atoms with Crippen LogP contribution in [0.2, 0.25) is 0 Å². The van der Waals surface area contributed by atoms with Gasteiger partial charge < -0.3 is 4.74 Å². The summed E-state index contributed by atoms with van der Waals surface area (Å²) in [6.07, 6.45) is -5.39. The Morgan fingerprint density at radius 3 is 2.00 bits per heavy atom. The Morgan fingerprint density at radius 1 is 1.06 bits per heavy atom. The molecule has 0 amide bonds. The molecule has 0 aliphatic heterocycles. The summed E-state index contributed by atoms with van der Waals surface area (Å²) >= 11 is 0. The molecule has 0 saturated carbocycles. The molecule has 0 bridgehead atoms. The smallest absolute Gasteiger partial charge is 0.430 e. The van der Waals surface area contributed by atoms with E-state index in [-0.39, 0.29) is 5.75 Å². The van der Waals surface area contributed by atoms with Crippen LogP contribution in [0.15, 0.2) is 36.1 Å². The van der Waals surface area contributed by atoms with Gasteiger partial charge in [-0.2, -0.15) is 22.0 Å². The zero-order valence-electron chi connectivity index (χ0n) is 7.81. The van der Waals surface area contributed by atoms with Gasteiger partial charge in [0.05, 0.1) is 0 Å². The summed E-state index contributed by atoms with van der Waals surface area (Å²) in [4.78, 5) is 0. The molecule has 16 heavy (non-hydrogen) atoms. The normalized spacial score (nSPS) is 13.4. The van der Waals surface area contributed by atoms with E-state index in [1.165, 1.54) is 24.3 Å². The van der Waals surface area contributed by atoms with Crippen molar-refractivity contribution < 1.29 is 26.7 Å². The number of benzene rings is 1. The van der Waals surface area contributed by atoms with Gasteiger partial charge in [-0.05, 0) is 24.6 Å². The van der Waals surface area contributed by atoms with Gasteiger partial charge in [0.1, 0.15) is 5.75 Å². The second-order valence-electron chi connectivity index (χ2n) is 2.83. The van der Waals surface area contributed by atoms with Gasteiger partial charge >= 0.3 is 12.2 Å². The van der Waals surface area contributed by atoms with E-state index >= 15 is 0 Å². The first-order valence-corrected chi connectivity index (χ1v) is 4.03. The van der Waals surface area contributed by atoms with Crippen LogP contribution in [-0.2, 0) is 0 Å². The number of hydrogen-bond donors (Lipinski definition) is 0. The zero-order chi connectivity index (χ0) is 12.3. The summed E-state index contributed by atoms with van der Waals surface area (Å²) in [6.45, 7) is 3.50. The minimum absolute atomic E-state index is 0.246. The van der Waals surface area contributed by atoms with E-state index in [9.17, 15) is 22.0 Å². The van der Waals surface area contributed by atoms with Crippen molar-refractivity contribution in [3.63, 3.8) is 0 Å². The highest BCUT2D eigenvalue weighted by Gasteiger charge is 2.39. The lowest BCUT2D eigenvalue weighted by atomic mass is 10.2. The van der Waals surface area contributed by atoms with E-state index < -0.39 is 18.0 Å². The van der Waals surface area contributed by atoms with E-state index in [2.05, 4.69) is 11.7 Å². The standard InChI is InChI=1S/C10H6F5O/c1-6-2-4-7(5-3-6)16-9(12)8(11)10(13,14)15/h2-5H,1H2/b9-8+. The van der Waals surface area contributed by atoms with Crippen molar-refractivity contribution in [2.24, 2.45) is 0 Å². The zero-order valence-corrected chi connectivity index (χ0v) is 7.81. The van der Waals surface area contributed by atoms with Crippen LogP contribution in [0.5, 0.6) is 5.75 Å². The first-order valence-electron chi connectivity index (χ1n) is 4.03. The summed E-state index contributed by atoms with van der Waals surface area (Å²) < 4.78 is 64.1. The Morgan fingerprint density at radius 2 is 1.56 bits per heavy atom. The second-order valence-corrected chi connectivity index (χ2v) is 2.83. The highest BCUT2D eigenvalue weighted by molar-refractivity contribution is 5.29. The third kappa shape index (κ3) is 3.22. The Labute approximate surface area is 88.1 Å². The lowest BCUT2D eigenvalue weighted by Gasteiger charge is -2.06. The molecule has 0 N–H and O–H groups in total. The van der Waals surface area contributed by atoms with Crippen LogP contribution in [0, 0.1) is 6.92 Å². The molecule has 1 aromatic carbocycles. The molecular weight excluding hydrogens is 231 g/mol. The Hall–Kier alpha value is -1.59. The van der Waals surface area contributed by atoms with Crippen molar-refractivity contribution in [2.75, 3.05) is 0 Å². The Bertz CT molecular complexity index is 391. The molecule has 0 heterocycles. The molecule has 6 heteroatoms. The summed E-state index contributed by atoms with van der Waals surface area (Å²) in [5.41, 5.74) is 0.563. The fourth-order valence-electron chi connectivity index (χ4n) is 0.817. The largest absolute Gasteiger partial charge is 0.449 e. The molecular formula is C10H6F5O. The summed E-state index contributed by atoms with van der Waals surface area (Å²) in [6, 6.07) is 2.80. The van der Waals surface area contributed by atoms with Gasteiger partial charge in [-0.3, -0.25) is 0 Å². The Kier molecular flexibility index (Phi) is 3.51. The van der Waals surface area contributed by atoms with Crippen LogP contribution in [0.25, 0.3) is 0 Å². The highest BCUT2D eigenvalue weighted by atomic mass is 19.4. The van der Waals surface area contributed by atoms with Crippen LogP contribution in [-0.4, -0.2) is 6.18 Å². The molecule has 0 aliphatic carbocycles. The van der Waals surface area contributed by atoms with Gasteiger partial charge in [0.15, 0.2) is 0 Å². The number of hydrogen-bond acceptors (Lipinski definition) is 1. The average molecular weight is 237 g/mol. The van der Waals surface area contributed by atoms with Gasteiger partial charge in [-0.25, -0.2) is 0 Å². The molecule has 1 rings (SSSR count). The molecule has 0 saturated heterocycles. The van der Waals surface area contributed by atoms with Crippen LogP contribution < -0.4 is 4.74 Å². The van der Waals surface area contributed by atoms with Crippen molar-refractivity contribution in [2.45, 2.75) is 6.18 Å². The second kappa shape index (κ2) is 4.51. The number of allylic oxidation sites excluding steroid dienone is 1. The number of halogens is 5.